The summed E-state index contributed by atoms with van der Waals surface area (Å²) in [6, 6.07) is 1.54. The van der Waals surface area contributed by atoms with Gasteiger partial charge in [-0.1, -0.05) is 0 Å². The molecular weight excluding hydrogens is 259 g/mol. The highest BCUT2D eigenvalue weighted by Crippen LogP contribution is 2.27. The van der Waals surface area contributed by atoms with Crippen molar-refractivity contribution in [2.75, 3.05) is 0 Å². The first-order valence-corrected chi connectivity index (χ1v) is 4.28. The van der Waals surface area contributed by atoms with Crippen LogP contribution in [-0.2, 0) is 6.42 Å². The summed E-state index contributed by atoms with van der Waals surface area (Å²) in [5.74, 6) is -2.71. The average Bonchev–Trinajstić information content (AvgIpc) is 2.22. The SMILES string of the molecule is N#CCc1c[nH]c([N+](=O)[O-])c(OC(F)(F)F)c1=O. The topological polar surface area (TPSA) is 109 Å². The van der Waals surface area contributed by atoms with E-state index in [0.29, 0.717) is 0 Å². The zero-order chi connectivity index (χ0) is 13.9. The fraction of sp³-hybridized carbons (Fsp3) is 0.250. The molecule has 0 bridgehead atoms. The van der Waals surface area contributed by atoms with Gasteiger partial charge in [0.25, 0.3) is 5.75 Å². The normalized spacial score (nSPS) is 10.8. The van der Waals surface area contributed by atoms with Gasteiger partial charge in [0.05, 0.1) is 24.3 Å². The average molecular weight is 263 g/mol. The molecule has 0 aromatic carbocycles. The molecule has 0 amide bonds. The van der Waals surface area contributed by atoms with Crippen LogP contribution in [0.1, 0.15) is 5.56 Å². The van der Waals surface area contributed by atoms with Crippen molar-refractivity contribution in [1.82, 2.24) is 4.98 Å². The molecule has 18 heavy (non-hydrogen) atoms. The smallest absolute Gasteiger partial charge is 0.392 e. The van der Waals surface area contributed by atoms with Gasteiger partial charge in [-0.15, -0.1) is 13.2 Å². The second-order valence-corrected chi connectivity index (χ2v) is 2.96. The Bertz CT molecular complexity index is 572. The number of nitrogens with one attached hydrogen (secondary N) is 1. The van der Waals surface area contributed by atoms with Gasteiger partial charge < -0.3 is 14.9 Å². The van der Waals surface area contributed by atoms with Crippen molar-refractivity contribution in [3.05, 3.63) is 32.1 Å². The van der Waals surface area contributed by atoms with Crippen molar-refractivity contribution in [3.8, 4) is 11.8 Å². The molecule has 7 nitrogen and oxygen atoms in total. The molecule has 0 aliphatic heterocycles. The van der Waals surface area contributed by atoms with Crippen molar-refractivity contribution in [2.24, 2.45) is 0 Å². The summed E-state index contributed by atoms with van der Waals surface area (Å²) in [6.45, 7) is 0. The van der Waals surface area contributed by atoms with Gasteiger partial charge in [0.2, 0.25) is 5.43 Å². The number of alkyl halides is 3. The van der Waals surface area contributed by atoms with Crippen LogP contribution in [0.3, 0.4) is 0 Å². The predicted molar refractivity (Wildman–Crippen MR) is 49.7 cm³/mol. The number of hydrogen-bond donors (Lipinski definition) is 1. The summed E-state index contributed by atoms with van der Waals surface area (Å²) >= 11 is 0. The van der Waals surface area contributed by atoms with Crippen LogP contribution in [0.2, 0.25) is 0 Å². The number of hydrogen-bond acceptors (Lipinski definition) is 5. The van der Waals surface area contributed by atoms with Gasteiger partial charge in [-0.2, -0.15) is 5.26 Å². The van der Waals surface area contributed by atoms with Gasteiger partial charge in [-0.3, -0.25) is 4.79 Å². The van der Waals surface area contributed by atoms with Crippen LogP contribution in [-0.4, -0.2) is 16.3 Å². The third-order valence-electron chi connectivity index (χ3n) is 1.77. The maximum Gasteiger partial charge on any atom is 0.573 e. The van der Waals surface area contributed by atoms with E-state index in [0.717, 1.165) is 6.20 Å². The Balaban J connectivity index is 3.42. The molecule has 1 aromatic rings. The van der Waals surface area contributed by atoms with Gasteiger partial charge >= 0.3 is 12.2 Å². The number of pyridine rings is 1. The van der Waals surface area contributed by atoms with E-state index in [9.17, 15) is 28.1 Å². The first-order valence-electron chi connectivity index (χ1n) is 4.28. The maximum absolute atomic E-state index is 12.0. The Morgan fingerprint density at radius 1 is 1.56 bits per heavy atom. The van der Waals surface area contributed by atoms with Crippen LogP contribution >= 0.6 is 0 Å². The summed E-state index contributed by atoms with van der Waals surface area (Å²) in [6.07, 6.45) is -4.95. The number of H-pyrrole nitrogens is 1. The number of nitrogens with zero attached hydrogens (tertiary/aromatic N) is 2. The van der Waals surface area contributed by atoms with Gasteiger partial charge in [0, 0.05) is 0 Å². The molecule has 0 aliphatic carbocycles. The van der Waals surface area contributed by atoms with Crippen LogP contribution in [0.15, 0.2) is 11.0 Å². The van der Waals surface area contributed by atoms with E-state index in [1.165, 1.54) is 6.07 Å². The molecule has 1 heterocycles. The van der Waals surface area contributed by atoms with E-state index in [2.05, 4.69) is 4.74 Å². The second kappa shape index (κ2) is 4.74. The minimum absolute atomic E-state index is 0.359. The van der Waals surface area contributed by atoms with Gasteiger partial charge in [0.1, 0.15) is 0 Å². The predicted octanol–water partition coefficient (Wildman–Crippen LogP) is 1.25. The van der Waals surface area contributed by atoms with Gasteiger partial charge in [0.15, 0.2) is 0 Å². The lowest BCUT2D eigenvalue weighted by Gasteiger charge is -2.09. The molecule has 0 radical (unpaired) electrons. The van der Waals surface area contributed by atoms with Crippen molar-refractivity contribution in [2.45, 2.75) is 12.8 Å². The number of aromatic nitrogens is 1. The van der Waals surface area contributed by atoms with Crippen LogP contribution in [0.25, 0.3) is 0 Å². The van der Waals surface area contributed by atoms with Gasteiger partial charge in [-0.25, -0.2) is 4.98 Å². The monoisotopic (exact) mass is 263 g/mol. The standard InChI is InChI=1S/C8H4F3N3O4/c9-8(10,11)18-6-5(15)4(1-2-12)3-13-7(6)14(16)17/h3H,1H2,(H,13,15). The zero-order valence-corrected chi connectivity index (χ0v) is 8.45. The molecule has 0 saturated carbocycles. The summed E-state index contributed by atoms with van der Waals surface area (Å²) in [5, 5.41) is 18.8. The molecule has 96 valence electrons. The Kier molecular flexibility index (Phi) is 3.55. The maximum atomic E-state index is 12.0. The molecular formula is C8H4F3N3O4. The molecule has 0 unspecified atom stereocenters. The fourth-order valence-electron chi connectivity index (χ4n) is 1.10. The van der Waals surface area contributed by atoms with Crippen molar-refractivity contribution in [3.63, 3.8) is 0 Å². The number of aromatic amines is 1. The molecule has 0 fully saturated rings. The number of ether oxygens (including phenoxy) is 1. The number of halogens is 3. The molecule has 1 aromatic heterocycles. The second-order valence-electron chi connectivity index (χ2n) is 2.96. The highest BCUT2D eigenvalue weighted by molar-refractivity contribution is 5.42. The van der Waals surface area contributed by atoms with Crippen LogP contribution in [0.4, 0.5) is 19.0 Å². The first kappa shape index (κ1) is 13.5. The van der Waals surface area contributed by atoms with Crippen molar-refractivity contribution in [1.29, 1.82) is 5.26 Å². The molecule has 0 spiro atoms. The lowest BCUT2D eigenvalue weighted by Crippen LogP contribution is -2.24. The van der Waals surface area contributed by atoms with Gasteiger partial charge in [-0.05, 0) is 4.92 Å². The molecule has 1 N–H and O–H groups in total. The number of nitro groups is 1. The van der Waals surface area contributed by atoms with Crippen molar-refractivity contribution >= 4 is 5.82 Å². The Hall–Kier alpha value is -2.57. The minimum atomic E-state index is -5.25. The molecule has 0 aliphatic rings. The van der Waals surface area contributed by atoms with Crippen LogP contribution in [0.5, 0.6) is 5.75 Å². The Morgan fingerprint density at radius 3 is 2.61 bits per heavy atom. The Morgan fingerprint density at radius 2 is 2.17 bits per heavy atom. The van der Waals surface area contributed by atoms with Crippen LogP contribution < -0.4 is 10.2 Å². The molecule has 10 heteroatoms. The minimum Gasteiger partial charge on any atom is -0.392 e. The summed E-state index contributed by atoms with van der Waals surface area (Å²) < 4.78 is 39.4. The van der Waals surface area contributed by atoms with Crippen LogP contribution in [0, 0.1) is 21.4 Å². The summed E-state index contributed by atoms with van der Waals surface area (Å²) in [7, 11) is 0. The molecule has 0 atom stereocenters. The van der Waals surface area contributed by atoms with E-state index in [1.807, 2.05) is 4.98 Å². The van der Waals surface area contributed by atoms with E-state index in [1.54, 1.807) is 0 Å². The third kappa shape index (κ3) is 2.97. The summed E-state index contributed by atoms with van der Waals surface area (Å²) in [4.78, 5) is 22.6. The first-order chi connectivity index (χ1) is 8.26. The highest BCUT2D eigenvalue weighted by atomic mass is 19.4. The number of rotatable bonds is 3. The molecule has 1 rings (SSSR count). The largest absolute Gasteiger partial charge is 0.573 e. The molecule has 0 saturated heterocycles. The van der Waals surface area contributed by atoms with Crippen molar-refractivity contribution < 1.29 is 22.8 Å². The number of nitriles is 1. The Labute approximate surface area is 96.6 Å². The quantitative estimate of drug-likeness (QED) is 0.651. The highest BCUT2D eigenvalue weighted by Gasteiger charge is 2.36. The summed E-state index contributed by atoms with van der Waals surface area (Å²) in [5.41, 5.74) is -1.71. The van der Waals surface area contributed by atoms with E-state index in [4.69, 9.17) is 5.26 Å². The third-order valence-corrected chi connectivity index (χ3v) is 1.77. The fourth-order valence-corrected chi connectivity index (χ4v) is 1.10. The lowest BCUT2D eigenvalue weighted by atomic mass is 10.2. The zero-order valence-electron chi connectivity index (χ0n) is 8.45. The van der Waals surface area contributed by atoms with E-state index >= 15 is 0 Å². The van der Waals surface area contributed by atoms with E-state index in [-0.39, 0.29) is 5.56 Å². The lowest BCUT2D eigenvalue weighted by molar-refractivity contribution is -0.393. The van der Waals surface area contributed by atoms with E-state index < -0.39 is 34.7 Å².